The third-order valence-corrected chi connectivity index (χ3v) is 4.59. The topological polar surface area (TPSA) is 60.6 Å². The van der Waals surface area contributed by atoms with E-state index in [1.165, 1.54) is 0 Å². The molecule has 2 heterocycles. The van der Waals surface area contributed by atoms with Gasteiger partial charge in [-0.3, -0.25) is 0 Å². The van der Waals surface area contributed by atoms with Crippen molar-refractivity contribution in [1.29, 1.82) is 0 Å². The smallest absolute Gasteiger partial charge is 0.172 e. The van der Waals surface area contributed by atoms with Crippen LogP contribution in [0.1, 0.15) is 5.76 Å². The van der Waals surface area contributed by atoms with E-state index >= 15 is 0 Å². The third kappa shape index (κ3) is 3.46. The van der Waals surface area contributed by atoms with Crippen LogP contribution in [0.5, 0.6) is 11.5 Å². The van der Waals surface area contributed by atoms with Gasteiger partial charge in [0.1, 0.15) is 5.76 Å². The summed E-state index contributed by atoms with van der Waals surface area (Å²) < 4.78 is 16.3. The van der Waals surface area contributed by atoms with Gasteiger partial charge in [0.2, 0.25) is 0 Å². The molecule has 0 N–H and O–H groups in total. The Kier molecular flexibility index (Phi) is 5.04. The lowest BCUT2D eigenvalue weighted by molar-refractivity contribution is 0.355. The van der Waals surface area contributed by atoms with E-state index in [-0.39, 0.29) is 0 Å². The minimum absolute atomic E-state index is 0.306. The van der Waals surface area contributed by atoms with E-state index in [1.54, 1.807) is 20.5 Å². The maximum atomic E-state index is 6.52. The molecule has 0 fully saturated rings. The Labute approximate surface area is 167 Å². The molecular formula is C21H18ClN3O3. The summed E-state index contributed by atoms with van der Waals surface area (Å²) in [5, 5.41) is 0.306. The van der Waals surface area contributed by atoms with Crippen LogP contribution in [0.15, 0.2) is 65.3 Å². The molecule has 0 aliphatic heterocycles. The molecule has 0 amide bonds. The van der Waals surface area contributed by atoms with Crippen LogP contribution in [0.4, 0.5) is 11.5 Å². The van der Waals surface area contributed by atoms with Crippen molar-refractivity contribution in [3.8, 4) is 11.5 Å². The molecule has 0 aliphatic rings. The van der Waals surface area contributed by atoms with Crippen molar-refractivity contribution in [2.75, 3.05) is 19.1 Å². The molecule has 0 saturated carbocycles. The number of rotatable bonds is 6. The summed E-state index contributed by atoms with van der Waals surface area (Å²) >= 11 is 6.52. The Balaban J connectivity index is 1.86. The van der Waals surface area contributed by atoms with Crippen LogP contribution in [0, 0.1) is 0 Å². The molecule has 0 saturated heterocycles. The highest BCUT2D eigenvalue weighted by atomic mass is 35.5. The monoisotopic (exact) mass is 395 g/mol. The van der Waals surface area contributed by atoms with Gasteiger partial charge in [0.05, 0.1) is 38.1 Å². The highest BCUT2D eigenvalue weighted by Crippen LogP contribution is 2.37. The van der Waals surface area contributed by atoms with Gasteiger partial charge in [0.15, 0.2) is 22.5 Å². The number of nitrogens with zero attached hydrogens (tertiary/aromatic N) is 3. The van der Waals surface area contributed by atoms with Gasteiger partial charge in [-0.1, -0.05) is 23.7 Å². The summed E-state index contributed by atoms with van der Waals surface area (Å²) in [6.45, 7) is 0.426. The normalized spacial score (nSPS) is 10.8. The number of para-hydroxylation sites is 2. The third-order valence-electron chi connectivity index (χ3n) is 4.34. The van der Waals surface area contributed by atoms with Crippen LogP contribution in [-0.4, -0.2) is 24.2 Å². The molecule has 0 unspecified atom stereocenters. The van der Waals surface area contributed by atoms with Crippen LogP contribution < -0.4 is 14.4 Å². The van der Waals surface area contributed by atoms with Crippen molar-refractivity contribution in [2.45, 2.75) is 6.54 Å². The van der Waals surface area contributed by atoms with Crippen molar-refractivity contribution in [1.82, 2.24) is 9.97 Å². The summed E-state index contributed by atoms with van der Waals surface area (Å²) in [7, 11) is 3.20. The van der Waals surface area contributed by atoms with E-state index in [9.17, 15) is 0 Å². The number of ether oxygens (including phenoxy) is 2. The second kappa shape index (κ2) is 7.78. The first-order chi connectivity index (χ1) is 13.7. The first-order valence-corrected chi connectivity index (χ1v) is 9.01. The SMILES string of the molecule is COc1ccc(N(Cc2ccco2)c2nc3ccccc3nc2Cl)cc1OC. The van der Waals surface area contributed by atoms with Crippen molar-refractivity contribution < 1.29 is 13.9 Å². The maximum absolute atomic E-state index is 6.52. The first kappa shape index (κ1) is 18.1. The Morgan fingerprint density at radius 2 is 1.68 bits per heavy atom. The van der Waals surface area contributed by atoms with Crippen molar-refractivity contribution in [2.24, 2.45) is 0 Å². The molecule has 7 heteroatoms. The zero-order chi connectivity index (χ0) is 19.5. The predicted molar refractivity (Wildman–Crippen MR) is 109 cm³/mol. The maximum Gasteiger partial charge on any atom is 0.172 e. The lowest BCUT2D eigenvalue weighted by Gasteiger charge is -2.24. The van der Waals surface area contributed by atoms with Gasteiger partial charge in [0, 0.05) is 11.8 Å². The van der Waals surface area contributed by atoms with E-state index in [1.807, 2.05) is 59.5 Å². The van der Waals surface area contributed by atoms with Crippen LogP contribution in [0.25, 0.3) is 11.0 Å². The fourth-order valence-corrected chi connectivity index (χ4v) is 3.22. The lowest BCUT2D eigenvalue weighted by atomic mass is 10.2. The molecule has 4 aromatic rings. The molecule has 4 rings (SSSR count). The van der Waals surface area contributed by atoms with Gasteiger partial charge in [-0.05, 0) is 36.4 Å². The van der Waals surface area contributed by atoms with E-state index in [2.05, 4.69) is 4.98 Å². The number of hydrogen-bond donors (Lipinski definition) is 0. The minimum atomic E-state index is 0.306. The number of methoxy groups -OCH3 is 2. The molecule has 2 aromatic heterocycles. The van der Waals surface area contributed by atoms with Crippen LogP contribution in [-0.2, 0) is 6.54 Å². The minimum Gasteiger partial charge on any atom is -0.493 e. The van der Waals surface area contributed by atoms with Gasteiger partial charge in [0.25, 0.3) is 0 Å². The highest BCUT2D eigenvalue weighted by molar-refractivity contribution is 6.32. The Morgan fingerprint density at radius 1 is 0.929 bits per heavy atom. The molecule has 0 atom stereocenters. The van der Waals surface area contributed by atoms with E-state index < -0.39 is 0 Å². The fraction of sp³-hybridized carbons (Fsp3) is 0.143. The van der Waals surface area contributed by atoms with Crippen molar-refractivity contribution >= 4 is 34.1 Å². The molecule has 6 nitrogen and oxygen atoms in total. The quantitative estimate of drug-likeness (QED) is 0.445. The Morgan fingerprint density at radius 3 is 2.36 bits per heavy atom. The van der Waals surface area contributed by atoms with E-state index in [0.29, 0.717) is 29.0 Å². The number of hydrogen-bond acceptors (Lipinski definition) is 6. The second-order valence-corrected chi connectivity index (χ2v) is 6.39. The Bertz CT molecular complexity index is 1100. The number of fused-ring (bicyclic) bond motifs is 1. The molecule has 0 aliphatic carbocycles. The zero-order valence-electron chi connectivity index (χ0n) is 15.4. The Hall–Kier alpha value is -3.25. The van der Waals surface area contributed by atoms with Crippen LogP contribution in [0.3, 0.4) is 0 Å². The van der Waals surface area contributed by atoms with Gasteiger partial charge in [-0.25, -0.2) is 9.97 Å². The van der Waals surface area contributed by atoms with Crippen LogP contribution >= 0.6 is 11.6 Å². The van der Waals surface area contributed by atoms with Crippen molar-refractivity contribution in [3.63, 3.8) is 0 Å². The largest absolute Gasteiger partial charge is 0.493 e. The lowest BCUT2D eigenvalue weighted by Crippen LogP contribution is -2.18. The first-order valence-electron chi connectivity index (χ1n) is 8.64. The molecule has 142 valence electrons. The molecular weight excluding hydrogens is 378 g/mol. The molecule has 2 aromatic carbocycles. The van der Waals surface area contributed by atoms with E-state index in [4.69, 9.17) is 30.5 Å². The number of furan rings is 1. The summed E-state index contributed by atoms with van der Waals surface area (Å²) in [4.78, 5) is 11.2. The summed E-state index contributed by atoms with van der Waals surface area (Å²) in [6.07, 6.45) is 1.63. The van der Waals surface area contributed by atoms with Gasteiger partial charge >= 0.3 is 0 Å². The second-order valence-electron chi connectivity index (χ2n) is 6.03. The summed E-state index contributed by atoms with van der Waals surface area (Å²) in [5.41, 5.74) is 2.31. The molecule has 0 radical (unpaired) electrons. The number of benzene rings is 2. The number of aromatic nitrogens is 2. The number of halogens is 1. The average molecular weight is 396 g/mol. The zero-order valence-corrected chi connectivity index (χ0v) is 16.2. The van der Waals surface area contributed by atoms with Crippen LogP contribution in [0.2, 0.25) is 5.15 Å². The summed E-state index contributed by atoms with van der Waals surface area (Å²) in [6, 6.07) is 17.0. The fourth-order valence-electron chi connectivity index (χ4n) is 2.98. The number of anilines is 2. The predicted octanol–water partition coefficient (Wildman–Crippen LogP) is 5.23. The molecule has 0 bridgehead atoms. The van der Waals surface area contributed by atoms with Gasteiger partial charge < -0.3 is 18.8 Å². The standard InChI is InChI=1S/C21H18ClN3O3/c1-26-18-10-9-14(12-19(18)27-2)25(13-15-6-5-11-28-15)21-20(22)23-16-7-3-4-8-17(16)24-21/h3-12H,13H2,1-2H3. The summed E-state index contributed by atoms with van der Waals surface area (Å²) in [5.74, 6) is 2.54. The highest BCUT2D eigenvalue weighted by Gasteiger charge is 2.20. The average Bonchev–Trinajstić information content (AvgIpc) is 3.24. The van der Waals surface area contributed by atoms with Gasteiger partial charge in [-0.15, -0.1) is 0 Å². The molecule has 0 spiro atoms. The van der Waals surface area contributed by atoms with E-state index in [0.717, 1.165) is 22.5 Å². The van der Waals surface area contributed by atoms with Crippen molar-refractivity contribution in [3.05, 3.63) is 71.8 Å². The van der Waals surface area contributed by atoms with Gasteiger partial charge in [-0.2, -0.15) is 0 Å². The molecule has 28 heavy (non-hydrogen) atoms.